The molecular weight excluding hydrogens is 292 g/mol. The third-order valence-corrected chi connectivity index (χ3v) is 4.35. The molecule has 0 aromatic carbocycles. The van der Waals surface area contributed by atoms with Gasteiger partial charge in [0.05, 0.1) is 19.3 Å². The van der Waals surface area contributed by atoms with Crippen LogP contribution in [0, 0.1) is 0 Å². The largest absolute Gasteiger partial charge is 0.469 e. The molecule has 1 N–H and O–H groups in total. The van der Waals surface area contributed by atoms with Crippen molar-refractivity contribution in [2.75, 3.05) is 7.11 Å². The summed E-state index contributed by atoms with van der Waals surface area (Å²) in [6.07, 6.45) is 15.6. The lowest BCUT2D eigenvalue weighted by Crippen LogP contribution is -2.03. The van der Waals surface area contributed by atoms with E-state index < -0.39 is 0 Å². The van der Waals surface area contributed by atoms with Crippen molar-refractivity contribution >= 4 is 5.97 Å². The van der Waals surface area contributed by atoms with E-state index in [-0.39, 0.29) is 18.2 Å². The van der Waals surface area contributed by atoms with Gasteiger partial charge in [-0.25, -0.2) is 0 Å². The summed E-state index contributed by atoms with van der Waals surface area (Å²) >= 11 is 0. The first-order valence-electron chi connectivity index (χ1n) is 9.26. The van der Waals surface area contributed by atoms with Crippen LogP contribution in [0.4, 0.5) is 0 Å². The molecule has 23 heavy (non-hydrogen) atoms. The summed E-state index contributed by atoms with van der Waals surface area (Å²) in [6.45, 7) is 2.21. The Balaban J connectivity index is 1.92. The van der Waals surface area contributed by atoms with Gasteiger partial charge in [-0.2, -0.15) is 0 Å². The molecule has 0 unspecified atom stereocenters. The first kappa shape index (κ1) is 20.2. The molecule has 0 aliphatic carbocycles. The molecule has 0 bridgehead atoms. The van der Waals surface area contributed by atoms with E-state index in [0.717, 1.165) is 44.9 Å². The molecule has 134 valence electrons. The number of rotatable bonds is 14. The number of hydrogen-bond donors (Lipinski definition) is 1. The first-order valence-corrected chi connectivity index (χ1v) is 9.26. The van der Waals surface area contributed by atoms with Gasteiger partial charge in [0.25, 0.3) is 0 Å². The van der Waals surface area contributed by atoms with E-state index in [4.69, 9.17) is 4.74 Å². The Morgan fingerprint density at radius 3 is 2.65 bits per heavy atom. The number of aliphatic hydroxyl groups is 1. The average molecular weight is 326 g/mol. The molecule has 4 nitrogen and oxygen atoms in total. The number of unbranched alkanes of at least 4 members (excludes halogenated alkanes) is 6. The second-order valence-electron chi connectivity index (χ2n) is 6.47. The van der Waals surface area contributed by atoms with Crippen molar-refractivity contribution in [3.05, 3.63) is 12.2 Å². The topological polar surface area (TPSA) is 59.1 Å². The van der Waals surface area contributed by atoms with Crippen molar-refractivity contribution in [2.24, 2.45) is 0 Å². The van der Waals surface area contributed by atoms with E-state index in [1.807, 2.05) is 12.2 Å². The minimum Gasteiger partial charge on any atom is -0.469 e. The third kappa shape index (κ3) is 10.5. The second-order valence-corrected chi connectivity index (χ2v) is 6.47. The maximum absolute atomic E-state index is 10.9. The lowest BCUT2D eigenvalue weighted by Gasteiger charge is -2.05. The van der Waals surface area contributed by atoms with Gasteiger partial charge in [0.1, 0.15) is 6.10 Å². The van der Waals surface area contributed by atoms with Crippen molar-refractivity contribution in [1.29, 1.82) is 0 Å². The fraction of sp³-hybridized carbons (Fsp3) is 0.842. The highest BCUT2D eigenvalue weighted by atomic mass is 16.6. The van der Waals surface area contributed by atoms with Gasteiger partial charge < -0.3 is 14.6 Å². The molecule has 1 aliphatic heterocycles. The molecule has 0 aromatic heterocycles. The van der Waals surface area contributed by atoms with Crippen molar-refractivity contribution in [1.82, 2.24) is 0 Å². The van der Waals surface area contributed by atoms with Gasteiger partial charge in [0.2, 0.25) is 0 Å². The van der Waals surface area contributed by atoms with Crippen LogP contribution in [-0.4, -0.2) is 36.5 Å². The monoisotopic (exact) mass is 326 g/mol. The second kappa shape index (κ2) is 12.5. The Bertz CT molecular complexity index is 340. The summed E-state index contributed by atoms with van der Waals surface area (Å²) in [5, 5.41) is 9.93. The Kier molecular flexibility index (Phi) is 11.0. The summed E-state index contributed by atoms with van der Waals surface area (Å²) in [4.78, 5) is 10.9. The van der Waals surface area contributed by atoms with Crippen LogP contribution in [-0.2, 0) is 14.3 Å². The predicted molar refractivity (Wildman–Crippen MR) is 92.3 cm³/mol. The van der Waals surface area contributed by atoms with Gasteiger partial charge >= 0.3 is 5.97 Å². The molecule has 1 heterocycles. The molecule has 1 fully saturated rings. The molecule has 0 aromatic rings. The van der Waals surface area contributed by atoms with Crippen LogP contribution in [0.15, 0.2) is 12.2 Å². The molecule has 0 spiro atoms. The van der Waals surface area contributed by atoms with Crippen LogP contribution in [0.3, 0.4) is 0 Å². The number of hydrogen-bond acceptors (Lipinski definition) is 4. The molecule has 0 saturated carbocycles. The van der Waals surface area contributed by atoms with E-state index in [9.17, 15) is 9.90 Å². The van der Waals surface area contributed by atoms with Crippen LogP contribution < -0.4 is 0 Å². The number of esters is 1. The van der Waals surface area contributed by atoms with Gasteiger partial charge in [0.15, 0.2) is 0 Å². The van der Waals surface area contributed by atoms with E-state index in [1.54, 1.807) is 0 Å². The first-order chi connectivity index (χ1) is 11.2. The van der Waals surface area contributed by atoms with E-state index in [1.165, 1.54) is 26.4 Å². The van der Waals surface area contributed by atoms with Crippen LogP contribution >= 0.6 is 0 Å². The summed E-state index contributed by atoms with van der Waals surface area (Å²) < 4.78 is 10.2. The van der Waals surface area contributed by atoms with Crippen LogP contribution in [0.25, 0.3) is 0 Å². The van der Waals surface area contributed by atoms with Crippen molar-refractivity contribution in [3.63, 3.8) is 0 Å². The number of epoxide rings is 1. The summed E-state index contributed by atoms with van der Waals surface area (Å²) in [6, 6.07) is 0. The van der Waals surface area contributed by atoms with Crippen molar-refractivity contribution in [3.8, 4) is 0 Å². The zero-order valence-electron chi connectivity index (χ0n) is 14.8. The van der Waals surface area contributed by atoms with E-state index in [2.05, 4.69) is 11.7 Å². The number of aliphatic hydroxyl groups excluding tert-OH is 1. The standard InChI is InChI=1S/C19H34O4/c1-3-4-8-12-17-18(23-17)15-14-16(20)11-9-6-5-7-10-13-19(21)22-2/h14-18,20H,3-13H2,1-2H3/b15-14+/t16-,17+,18-/m1/s1. The average Bonchev–Trinajstić information content (AvgIpc) is 3.30. The smallest absolute Gasteiger partial charge is 0.305 e. The molecule has 1 saturated heterocycles. The Morgan fingerprint density at radius 1 is 1.17 bits per heavy atom. The Hall–Kier alpha value is -0.870. The normalized spacial score (nSPS) is 21.5. The lowest BCUT2D eigenvalue weighted by atomic mass is 10.1. The fourth-order valence-electron chi connectivity index (χ4n) is 2.74. The van der Waals surface area contributed by atoms with Gasteiger partial charge in [-0.15, -0.1) is 0 Å². The molecule has 1 rings (SSSR count). The van der Waals surface area contributed by atoms with Crippen LogP contribution in [0.1, 0.15) is 77.6 Å². The van der Waals surface area contributed by atoms with E-state index in [0.29, 0.717) is 12.5 Å². The van der Waals surface area contributed by atoms with Crippen LogP contribution in [0.2, 0.25) is 0 Å². The third-order valence-electron chi connectivity index (χ3n) is 4.35. The number of carbonyl (C=O) groups excluding carboxylic acids is 1. The Morgan fingerprint density at radius 2 is 1.91 bits per heavy atom. The molecule has 4 heteroatoms. The number of carbonyl (C=O) groups is 1. The maximum Gasteiger partial charge on any atom is 0.305 e. The zero-order chi connectivity index (χ0) is 16.9. The minimum atomic E-state index is -0.356. The van der Waals surface area contributed by atoms with Gasteiger partial charge in [-0.05, 0) is 19.3 Å². The van der Waals surface area contributed by atoms with Crippen molar-refractivity contribution < 1.29 is 19.4 Å². The van der Waals surface area contributed by atoms with Crippen molar-refractivity contribution in [2.45, 2.75) is 95.9 Å². The lowest BCUT2D eigenvalue weighted by molar-refractivity contribution is -0.140. The summed E-state index contributed by atoms with van der Waals surface area (Å²) in [7, 11) is 1.43. The molecule has 0 radical (unpaired) electrons. The molecular formula is C19H34O4. The quantitative estimate of drug-likeness (QED) is 0.225. The zero-order valence-corrected chi connectivity index (χ0v) is 14.8. The molecule has 1 aliphatic rings. The number of methoxy groups -OCH3 is 1. The van der Waals surface area contributed by atoms with Gasteiger partial charge in [-0.3, -0.25) is 4.79 Å². The minimum absolute atomic E-state index is 0.124. The van der Waals surface area contributed by atoms with Gasteiger partial charge in [0, 0.05) is 6.42 Å². The fourth-order valence-corrected chi connectivity index (χ4v) is 2.74. The highest BCUT2D eigenvalue weighted by Gasteiger charge is 2.35. The van der Waals surface area contributed by atoms with E-state index >= 15 is 0 Å². The SMILES string of the molecule is CCCCC[C@@H]1O[C@@H]1/C=C/[C@H](O)CCCCCCCC(=O)OC. The maximum atomic E-state index is 10.9. The Labute approximate surface area is 141 Å². The highest BCUT2D eigenvalue weighted by Crippen LogP contribution is 2.28. The van der Waals surface area contributed by atoms with Crippen LogP contribution in [0.5, 0.6) is 0 Å². The molecule has 3 atom stereocenters. The predicted octanol–water partition coefficient (Wildman–Crippen LogP) is 4.15. The summed E-state index contributed by atoms with van der Waals surface area (Å²) in [5.41, 5.74) is 0. The molecule has 0 amide bonds. The highest BCUT2D eigenvalue weighted by molar-refractivity contribution is 5.68. The number of ether oxygens (including phenoxy) is 2. The van der Waals surface area contributed by atoms with Gasteiger partial charge in [-0.1, -0.05) is 64.0 Å². The summed E-state index contributed by atoms with van der Waals surface area (Å²) in [5.74, 6) is -0.124.